The third kappa shape index (κ3) is 4.03. The molecule has 0 radical (unpaired) electrons. The van der Waals surface area contributed by atoms with Gasteiger partial charge in [0.05, 0.1) is 4.92 Å². The highest BCUT2D eigenvalue weighted by Gasteiger charge is 2.26. The van der Waals surface area contributed by atoms with Gasteiger partial charge in [0, 0.05) is 12.6 Å². The maximum atomic E-state index is 11.4. The van der Waals surface area contributed by atoms with E-state index in [2.05, 4.69) is 27.5 Å². The van der Waals surface area contributed by atoms with Crippen LogP contribution in [0, 0.1) is 16.0 Å². The maximum absolute atomic E-state index is 11.4. The summed E-state index contributed by atoms with van der Waals surface area (Å²) in [5, 5.41) is 17.6. The van der Waals surface area contributed by atoms with Gasteiger partial charge in [-0.1, -0.05) is 26.7 Å². The van der Waals surface area contributed by atoms with Crippen molar-refractivity contribution in [1.82, 2.24) is 9.97 Å². The average molecular weight is 293 g/mol. The Hall–Kier alpha value is -1.92. The molecule has 2 rings (SSSR count). The number of hydrogen-bond acceptors (Lipinski definition) is 6. The zero-order valence-electron chi connectivity index (χ0n) is 12.6. The predicted molar refractivity (Wildman–Crippen MR) is 82.5 cm³/mol. The molecule has 1 heterocycles. The largest absolute Gasteiger partial charge is 0.364 e. The Labute approximate surface area is 124 Å². The molecule has 1 fully saturated rings. The minimum Gasteiger partial charge on any atom is -0.364 e. The highest BCUT2D eigenvalue weighted by atomic mass is 16.6. The summed E-state index contributed by atoms with van der Waals surface area (Å²) >= 11 is 0. The Morgan fingerprint density at radius 1 is 1.38 bits per heavy atom. The number of rotatable bonds is 6. The summed E-state index contributed by atoms with van der Waals surface area (Å²) in [6.07, 6.45) is 6.69. The minimum absolute atomic E-state index is 0.0517. The van der Waals surface area contributed by atoms with Crippen LogP contribution in [0.2, 0.25) is 0 Å². The summed E-state index contributed by atoms with van der Waals surface area (Å²) in [6, 6.07) is 0.251. The second-order valence-electron chi connectivity index (χ2n) is 5.72. The van der Waals surface area contributed by atoms with Gasteiger partial charge in [0.1, 0.15) is 6.33 Å². The van der Waals surface area contributed by atoms with Crippen LogP contribution < -0.4 is 10.6 Å². The molecule has 0 bridgehead atoms. The van der Waals surface area contributed by atoms with Crippen molar-refractivity contribution in [1.29, 1.82) is 0 Å². The number of nitro groups is 1. The Bertz CT molecular complexity index is 494. The lowest BCUT2D eigenvalue weighted by molar-refractivity contribution is -0.383. The Balaban J connectivity index is 2.19. The van der Waals surface area contributed by atoms with Gasteiger partial charge < -0.3 is 10.6 Å². The van der Waals surface area contributed by atoms with E-state index >= 15 is 0 Å². The van der Waals surface area contributed by atoms with Gasteiger partial charge in [0.2, 0.25) is 11.6 Å². The van der Waals surface area contributed by atoms with Crippen molar-refractivity contribution >= 4 is 17.3 Å². The van der Waals surface area contributed by atoms with E-state index in [1.165, 1.54) is 12.7 Å². The summed E-state index contributed by atoms with van der Waals surface area (Å²) < 4.78 is 0. The van der Waals surface area contributed by atoms with E-state index in [0.717, 1.165) is 25.7 Å². The van der Waals surface area contributed by atoms with Crippen molar-refractivity contribution in [3.8, 4) is 0 Å². The third-order valence-electron chi connectivity index (χ3n) is 3.82. The highest BCUT2D eigenvalue weighted by molar-refractivity contribution is 5.69. The van der Waals surface area contributed by atoms with Gasteiger partial charge in [-0.25, -0.2) is 9.97 Å². The fourth-order valence-electron chi connectivity index (χ4n) is 2.79. The normalized spacial score (nSPS) is 21.8. The van der Waals surface area contributed by atoms with Gasteiger partial charge in [-0.05, 0) is 25.2 Å². The molecule has 116 valence electrons. The van der Waals surface area contributed by atoms with Crippen LogP contribution in [-0.2, 0) is 0 Å². The molecule has 1 aromatic heterocycles. The predicted octanol–water partition coefficient (Wildman–Crippen LogP) is 3.20. The SMILES string of the molecule is CCCNc1ncnc(NC2CCCC(C)C2)c1[N+](=O)[O-]. The van der Waals surface area contributed by atoms with E-state index in [1.807, 2.05) is 6.92 Å². The number of anilines is 2. The van der Waals surface area contributed by atoms with Crippen LogP contribution in [0.15, 0.2) is 6.33 Å². The number of hydrogen-bond donors (Lipinski definition) is 2. The van der Waals surface area contributed by atoms with Crippen molar-refractivity contribution in [2.24, 2.45) is 5.92 Å². The summed E-state index contributed by atoms with van der Waals surface area (Å²) in [4.78, 5) is 19.0. The maximum Gasteiger partial charge on any atom is 0.353 e. The zero-order valence-corrected chi connectivity index (χ0v) is 12.6. The number of nitrogens with one attached hydrogen (secondary N) is 2. The number of nitrogens with zero attached hydrogens (tertiary/aromatic N) is 3. The van der Waals surface area contributed by atoms with Crippen LogP contribution >= 0.6 is 0 Å². The topological polar surface area (TPSA) is 93.0 Å². The van der Waals surface area contributed by atoms with Gasteiger partial charge in [-0.15, -0.1) is 0 Å². The standard InChI is InChI=1S/C14H23N5O2/c1-3-7-15-13-12(19(20)21)14(17-9-16-13)18-11-6-4-5-10(2)8-11/h9-11H,3-8H2,1-2H3,(H2,15,16,17,18). The molecule has 1 aliphatic carbocycles. The molecule has 1 saturated carbocycles. The minimum atomic E-state index is -0.410. The third-order valence-corrected chi connectivity index (χ3v) is 3.82. The van der Waals surface area contributed by atoms with Crippen molar-refractivity contribution in [3.05, 3.63) is 16.4 Å². The molecule has 0 aromatic carbocycles. The molecule has 7 heteroatoms. The first-order valence-corrected chi connectivity index (χ1v) is 7.61. The lowest BCUT2D eigenvalue weighted by atomic mass is 9.87. The Kier molecular flexibility index (Phi) is 5.30. The molecule has 2 N–H and O–H groups in total. The summed E-state index contributed by atoms with van der Waals surface area (Å²) in [5.74, 6) is 1.27. The first-order chi connectivity index (χ1) is 10.1. The summed E-state index contributed by atoms with van der Waals surface area (Å²) in [6.45, 7) is 4.87. The molecule has 1 aliphatic rings. The summed E-state index contributed by atoms with van der Waals surface area (Å²) in [7, 11) is 0. The molecule has 0 spiro atoms. The molecule has 2 atom stereocenters. The molecular weight excluding hydrogens is 270 g/mol. The average Bonchev–Trinajstić information content (AvgIpc) is 2.45. The molecule has 21 heavy (non-hydrogen) atoms. The second kappa shape index (κ2) is 7.19. The van der Waals surface area contributed by atoms with Crippen molar-refractivity contribution < 1.29 is 4.92 Å². The fourth-order valence-corrected chi connectivity index (χ4v) is 2.79. The Morgan fingerprint density at radius 3 is 2.81 bits per heavy atom. The monoisotopic (exact) mass is 293 g/mol. The van der Waals surface area contributed by atoms with E-state index in [-0.39, 0.29) is 11.7 Å². The van der Waals surface area contributed by atoms with Crippen molar-refractivity contribution in [3.63, 3.8) is 0 Å². The van der Waals surface area contributed by atoms with Gasteiger partial charge >= 0.3 is 5.69 Å². The van der Waals surface area contributed by atoms with Crippen LogP contribution in [0.1, 0.15) is 46.0 Å². The molecule has 0 aliphatic heterocycles. The van der Waals surface area contributed by atoms with Crippen LogP contribution in [-0.4, -0.2) is 27.5 Å². The lowest BCUT2D eigenvalue weighted by Gasteiger charge is -2.27. The van der Waals surface area contributed by atoms with Gasteiger partial charge in [0.25, 0.3) is 0 Å². The van der Waals surface area contributed by atoms with E-state index in [9.17, 15) is 10.1 Å². The highest BCUT2D eigenvalue weighted by Crippen LogP contribution is 2.32. The fraction of sp³-hybridized carbons (Fsp3) is 0.714. The zero-order chi connectivity index (χ0) is 15.2. The van der Waals surface area contributed by atoms with Crippen LogP contribution in [0.4, 0.5) is 17.3 Å². The van der Waals surface area contributed by atoms with E-state index in [4.69, 9.17) is 0 Å². The first kappa shape index (κ1) is 15.5. The first-order valence-electron chi connectivity index (χ1n) is 7.61. The van der Waals surface area contributed by atoms with Gasteiger partial charge in [-0.2, -0.15) is 0 Å². The van der Waals surface area contributed by atoms with E-state index in [0.29, 0.717) is 24.1 Å². The molecular formula is C14H23N5O2. The quantitative estimate of drug-likeness (QED) is 0.618. The van der Waals surface area contributed by atoms with Gasteiger partial charge in [-0.3, -0.25) is 10.1 Å². The Morgan fingerprint density at radius 2 is 2.14 bits per heavy atom. The van der Waals surface area contributed by atoms with Gasteiger partial charge in [0.15, 0.2) is 0 Å². The smallest absolute Gasteiger partial charge is 0.353 e. The van der Waals surface area contributed by atoms with E-state index in [1.54, 1.807) is 0 Å². The van der Waals surface area contributed by atoms with Crippen LogP contribution in [0.25, 0.3) is 0 Å². The molecule has 0 saturated heterocycles. The molecule has 2 unspecified atom stereocenters. The molecule has 1 aromatic rings. The van der Waals surface area contributed by atoms with E-state index < -0.39 is 4.92 Å². The van der Waals surface area contributed by atoms with Crippen LogP contribution in [0.5, 0.6) is 0 Å². The van der Waals surface area contributed by atoms with Crippen molar-refractivity contribution in [2.45, 2.75) is 52.0 Å². The molecule has 0 amide bonds. The number of aromatic nitrogens is 2. The molecule has 7 nitrogen and oxygen atoms in total. The lowest BCUT2D eigenvalue weighted by Crippen LogP contribution is -2.27. The van der Waals surface area contributed by atoms with Crippen LogP contribution in [0.3, 0.4) is 0 Å². The summed E-state index contributed by atoms with van der Waals surface area (Å²) in [5.41, 5.74) is -0.0517. The van der Waals surface area contributed by atoms with Crippen molar-refractivity contribution in [2.75, 3.05) is 17.2 Å². The second-order valence-corrected chi connectivity index (χ2v) is 5.72.